The molecule has 2 unspecified atom stereocenters. The molecule has 0 bridgehead atoms. The minimum atomic E-state index is -4.35. The molecule has 4 N–H and O–H groups in total. The molecular formula is C3H10O7P2. The van der Waals surface area contributed by atoms with Gasteiger partial charge in [0, 0.05) is 0 Å². The second-order valence-electron chi connectivity index (χ2n) is 2.34. The van der Waals surface area contributed by atoms with Crippen molar-refractivity contribution in [2.45, 2.75) is 12.6 Å². The third-order valence-corrected chi connectivity index (χ3v) is 4.02. The van der Waals surface area contributed by atoms with E-state index in [1.54, 1.807) is 0 Å². The fourth-order valence-corrected chi connectivity index (χ4v) is 2.84. The van der Waals surface area contributed by atoms with Gasteiger partial charge >= 0.3 is 15.2 Å². The third kappa shape index (κ3) is 4.33. The largest absolute Gasteiger partial charge is 0.358 e. The Kier molecular flexibility index (Phi) is 4.07. The summed E-state index contributed by atoms with van der Waals surface area (Å²) in [4.78, 5) is 25.5. The zero-order chi connectivity index (χ0) is 9.99. The van der Waals surface area contributed by atoms with Crippen molar-refractivity contribution in [2.75, 3.05) is 6.16 Å². The van der Waals surface area contributed by atoms with Crippen LogP contribution in [-0.2, 0) is 13.8 Å². The molecule has 0 aromatic carbocycles. The lowest BCUT2D eigenvalue weighted by molar-refractivity contribution is -0.147. The van der Waals surface area contributed by atoms with Gasteiger partial charge in [0.05, 0.1) is 11.8 Å². The summed E-state index contributed by atoms with van der Waals surface area (Å²) in [5.74, 6) is 0. The van der Waals surface area contributed by atoms with Crippen molar-refractivity contribution in [1.82, 2.24) is 0 Å². The maximum atomic E-state index is 10.7. The topological polar surface area (TPSA) is 124 Å². The van der Waals surface area contributed by atoms with Crippen LogP contribution in [0.1, 0.15) is 6.92 Å². The first-order valence-electron chi connectivity index (χ1n) is 2.89. The maximum absolute atomic E-state index is 10.7. The van der Waals surface area contributed by atoms with Gasteiger partial charge in [-0.2, -0.15) is 4.67 Å². The van der Waals surface area contributed by atoms with Gasteiger partial charge in [0.15, 0.2) is 0 Å². The van der Waals surface area contributed by atoms with Crippen LogP contribution < -0.4 is 0 Å². The Morgan fingerprint density at radius 3 is 2.00 bits per heavy atom. The minimum Gasteiger partial charge on any atom is -0.324 e. The fourth-order valence-electron chi connectivity index (χ4n) is 0.528. The Hall–Kier alpha value is 0.260. The molecule has 0 aliphatic heterocycles. The van der Waals surface area contributed by atoms with Crippen LogP contribution in [0, 0.1) is 0 Å². The van der Waals surface area contributed by atoms with Crippen molar-refractivity contribution in [3.8, 4) is 0 Å². The molecular weight excluding hydrogens is 210 g/mol. The van der Waals surface area contributed by atoms with Crippen molar-refractivity contribution in [3.05, 3.63) is 0 Å². The molecule has 0 radical (unpaired) electrons. The van der Waals surface area contributed by atoms with Crippen LogP contribution in [-0.4, -0.2) is 31.8 Å². The second kappa shape index (κ2) is 3.98. The van der Waals surface area contributed by atoms with Crippen LogP contribution in [0.3, 0.4) is 0 Å². The Morgan fingerprint density at radius 2 is 1.75 bits per heavy atom. The molecule has 0 aliphatic carbocycles. The van der Waals surface area contributed by atoms with Crippen molar-refractivity contribution in [3.63, 3.8) is 0 Å². The van der Waals surface area contributed by atoms with Crippen LogP contribution in [0.25, 0.3) is 0 Å². The van der Waals surface area contributed by atoms with Gasteiger partial charge in [-0.25, -0.2) is 5.26 Å². The highest BCUT2D eigenvalue weighted by molar-refractivity contribution is 7.57. The van der Waals surface area contributed by atoms with E-state index in [2.05, 4.69) is 4.67 Å². The van der Waals surface area contributed by atoms with Gasteiger partial charge in [-0.05, 0) is 0 Å². The molecule has 7 nitrogen and oxygen atoms in total. The van der Waals surface area contributed by atoms with Gasteiger partial charge < -0.3 is 14.7 Å². The molecule has 12 heavy (non-hydrogen) atoms. The molecule has 0 amide bonds. The van der Waals surface area contributed by atoms with E-state index < -0.39 is 27.0 Å². The van der Waals surface area contributed by atoms with Crippen molar-refractivity contribution in [2.24, 2.45) is 0 Å². The van der Waals surface area contributed by atoms with Crippen LogP contribution in [0.2, 0.25) is 0 Å². The summed E-state index contributed by atoms with van der Waals surface area (Å²) in [6.45, 7) is 1.09. The lowest BCUT2D eigenvalue weighted by Crippen LogP contribution is -2.10. The van der Waals surface area contributed by atoms with Crippen LogP contribution in [0.15, 0.2) is 0 Å². The first-order valence-corrected chi connectivity index (χ1v) is 6.33. The highest BCUT2D eigenvalue weighted by Gasteiger charge is 2.34. The SMILES string of the molecule is CC(CP(=O)(O)O)P(=O)(O)OO. The first kappa shape index (κ1) is 12.3. The van der Waals surface area contributed by atoms with E-state index in [4.69, 9.17) is 19.9 Å². The van der Waals surface area contributed by atoms with E-state index in [0.717, 1.165) is 6.92 Å². The molecule has 9 heteroatoms. The number of hydrogen-bond acceptors (Lipinski definition) is 4. The molecule has 0 aromatic rings. The molecule has 0 rings (SSSR count). The summed E-state index contributed by atoms with van der Waals surface area (Å²) in [5.41, 5.74) is -1.30. The van der Waals surface area contributed by atoms with Crippen molar-refractivity contribution >= 4 is 15.2 Å². The third-order valence-electron chi connectivity index (χ3n) is 1.18. The van der Waals surface area contributed by atoms with Gasteiger partial charge in [-0.15, -0.1) is 0 Å². The second-order valence-corrected chi connectivity index (χ2v) is 6.21. The Balaban J connectivity index is 4.33. The molecule has 0 saturated heterocycles. The predicted molar refractivity (Wildman–Crippen MR) is 39.9 cm³/mol. The molecule has 74 valence electrons. The summed E-state index contributed by atoms with van der Waals surface area (Å²) >= 11 is 0. The Labute approximate surface area is 68.6 Å². The highest BCUT2D eigenvalue weighted by atomic mass is 31.2. The van der Waals surface area contributed by atoms with E-state index in [0.29, 0.717) is 0 Å². The zero-order valence-corrected chi connectivity index (χ0v) is 7.98. The normalized spacial score (nSPS) is 20.1. The van der Waals surface area contributed by atoms with Gasteiger partial charge in [0.2, 0.25) is 0 Å². The van der Waals surface area contributed by atoms with Crippen molar-refractivity contribution in [1.29, 1.82) is 0 Å². The van der Waals surface area contributed by atoms with Crippen molar-refractivity contribution < 1.29 is 33.7 Å². The summed E-state index contributed by atoms with van der Waals surface area (Å²) < 4.78 is 24.2. The molecule has 0 aromatic heterocycles. The molecule has 0 heterocycles. The summed E-state index contributed by atoms with van der Waals surface area (Å²) in [6, 6.07) is 0. The predicted octanol–water partition coefficient (Wildman–Crippen LogP) is 0.228. The molecule has 0 fully saturated rings. The van der Waals surface area contributed by atoms with E-state index in [9.17, 15) is 9.13 Å². The molecule has 0 spiro atoms. The average molecular weight is 220 g/mol. The summed E-state index contributed by atoms with van der Waals surface area (Å²) in [6.07, 6.45) is -0.804. The van der Waals surface area contributed by atoms with E-state index in [-0.39, 0.29) is 0 Å². The zero-order valence-electron chi connectivity index (χ0n) is 6.19. The molecule has 2 atom stereocenters. The van der Waals surface area contributed by atoms with Crippen LogP contribution >= 0.6 is 15.2 Å². The lowest BCUT2D eigenvalue weighted by atomic mass is 10.6. The smallest absolute Gasteiger partial charge is 0.324 e. The van der Waals surface area contributed by atoms with E-state index >= 15 is 0 Å². The first-order chi connectivity index (χ1) is 5.19. The summed E-state index contributed by atoms with van der Waals surface area (Å²) in [5, 5.41) is 7.90. The van der Waals surface area contributed by atoms with Gasteiger partial charge in [-0.1, -0.05) is 6.92 Å². The Morgan fingerprint density at radius 1 is 1.33 bits per heavy atom. The quantitative estimate of drug-likeness (QED) is 0.303. The molecule has 0 aliphatic rings. The maximum Gasteiger partial charge on any atom is 0.358 e. The standard InChI is InChI=1S/C3H10O7P2/c1-3(2-11(5,6)7)12(8,9)10-4/h3-4H,2H2,1H3,(H,8,9)(H2,5,6,7). The van der Waals surface area contributed by atoms with E-state index in [1.807, 2.05) is 0 Å². The highest BCUT2D eigenvalue weighted by Crippen LogP contribution is 2.51. The number of rotatable bonds is 4. The summed E-state index contributed by atoms with van der Waals surface area (Å²) in [7, 11) is -8.65. The fraction of sp³-hybridized carbons (Fsp3) is 1.00. The molecule has 0 saturated carbocycles. The van der Waals surface area contributed by atoms with E-state index in [1.165, 1.54) is 0 Å². The minimum absolute atomic E-state index is 0.804. The van der Waals surface area contributed by atoms with Crippen LogP contribution in [0.4, 0.5) is 0 Å². The van der Waals surface area contributed by atoms with Gasteiger partial charge in [0.1, 0.15) is 0 Å². The van der Waals surface area contributed by atoms with Gasteiger partial charge in [0.25, 0.3) is 0 Å². The average Bonchev–Trinajstić information content (AvgIpc) is 1.84. The Bertz CT molecular complexity index is 231. The monoisotopic (exact) mass is 220 g/mol. The van der Waals surface area contributed by atoms with Crippen LogP contribution in [0.5, 0.6) is 0 Å². The number of hydrogen-bond donors (Lipinski definition) is 4. The lowest BCUT2D eigenvalue weighted by Gasteiger charge is -2.15. The van der Waals surface area contributed by atoms with Gasteiger partial charge in [-0.3, -0.25) is 9.13 Å².